The molecule has 0 spiro atoms. The molecule has 2 nitrogen and oxygen atoms in total. The SMILES string of the molecule is CC1CCC2(C(C)C)CC12.OO. The molecule has 0 bridgehead atoms. The van der Waals surface area contributed by atoms with Crippen molar-refractivity contribution in [3.63, 3.8) is 0 Å². The normalized spacial score (nSPS) is 43.5. The van der Waals surface area contributed by atoms with Crippen LogP contribution in [0, 0.1) is 23.2 Å². The van der Waals surface area contributed by atoms with Crippen LogP contribution in [0.2, 0.25) is 0 Å². The van der Waals surface area contributed by atoms with Crippen LogP contribution in [-0.4, -0.2) is 10.5 Å². The van der Waals surface area contributed by atoms with Crippen molar-refractivity contribution in [3.05, 3.63) is 0 Å². The lowest BCUT2D eigenvalue weighted by Gasteiger charge is -2.15. The molecule has 2 aliphatic carbocycles. The number of hydrogen-bond donors (Lipinski definition) is 2. The second-order valence-electron chi connectivity index (χ2n) is 4.71. The highest BCUT2D eigenvalue weighted by Crippen LogP contribution is 2.69. The molecule has 2 fully saturated rings. The largest absolute Gasteiger partial charge is 0.255 e. The molecule has 2 N–H and O–H groups in total. The average Bonchev–Trinajstić information content (AvgIpc) is 2.73. The topological polar surface area (TPSA) is 40.5 Å². The van der Waals surface area contributed by atoms with E-state index in [0.29, 0.717) is 0 Å². The van der Waals surface area contributed by atoms with Gasteiger partial charge < -0.3 is 0 Å². The smallest absolute Gasteiger partial charge is 0.0240 e. The quantitative estimate of drug-likeness (QED) is 0.471. The molecule has 2 heteroatoms. The standard InChI is InChI=1S/C10H18.H2O2/c1-7(2)10-5-4-8(3)9(10)6-10;1-2/h7-9H,4-6H2,1-3H3;1-2H. The molecular formula is C10H20O2. The van der Waals surface area contributed by atoms with E-state index in [1.54, 1.807) is 6.42 Å². The zero-order chi connectivity index (χ0) is 9.35. The molecule has 3 unspecified atom stereocenters. The van der Waals surface area contributed by atoms with Gasteiger partial charge in [-0.15, -0.1) is 0 Å². The molecule has 0 heterocycles. The molecule has 0 aliphatic heterocycles. The lowest BCUT2D eigenvalue weighted by Crippen LogP contribution is -2.07. The Bertz CT molecular complexity index is 156. The van der Waals surface area contributed by atoms with E-state index in [-0.39, 0.29) is 0 Å². The predicted octanol–water partition coefficient (Wildman–Crippen LogP) is 3.10. The Morgan fingerprint density at radius 1 is 1.33 bits per heavy atom. The number of rotatable bonds is 1. The van der Waals surface area contributed by atoms with Crippen molar-refractivity contribution in [2.45, 2.75) is 40.0 Å². The molecule has 3 atom stereocenters. The monoisotopic (exact) mass is 172 g/mol. The maximum absolute atomic E-state index is 6.00. The Morgan fingerprint density at radius 2 is 1.92 bits per heavy atom. The summed E-state index contributed by atoms with van der Waals surface area (Å²) in [5.74, 6) is 3.11. The first-order valence-electron chi connectivity index (χ1n) is 4.87. The minimum atomic E-state index is 0.833. The zero-order valence-electron chi connectivity index (χ0n) is 8.25. The molecule has 72 valence electrons. The molecule has 2 aliphatic rings. The van der Waals surface area contributed by atoms with Crippen molar-refractivity contribution in [2.75, 3.05) is 0 Å². The van der Waals surface area contributed by atoms with Crippen LogP contribution in [0.4, 0.5) is 0 Å². The van der Waals surface area contributed by atoms with Gasteiger partial charge in [-0.05, 0) is 42.4 Å². The first-order valence-corrected chi connectivity index (χ1v) is 4.87. The van der Waals surface area contributed by atoms with Crippen LogP contribution in [0.25, 0.3) is 0 Å². The predicted molar refractivity (Wildman–Crippen MR) is 49.0 cm³/mol. The van der Waals surface area contributed by atoms with E-state index in [2.05, 4.69) is 20.8 Å². The Morgan fingerprint density at radius 3 is 2.08 bits per heavy atom. The van der Waals surface area contributed by atoms with Gasteiger partial charge in [0.15, 0.2) is 0 Å². The minimum absolute atomic E-state index is 0.833. The lowest BCUT2D eigenvalue weighted by atomic mass is 9.90. The third kappa shape index (κ3) is 1.27. The Hall–Kier alpha value is -0.0800. The van der Waals surface area contributed by atoms with E-state index in [4.69, 9.17) is 10.5 Å². The Kier molecular flexibility index (Phi) is 2.79. The fourth-order valence-corrected chi connectivity index (χ4v) is 3.06. The fraction of sp³-hybridized carbons (Fsp3) is 1.00. The van der Waals surface area contributed by atoms with Crippen molar-refractivity contribution in [1.82, 2.24) is 0 Å². The molecule has 0 amide bonds. The Labute approximate surface area is 74.5 Å². The van der Waals surface area contributed by atoms with Crippen molar-refractivity contribution in [2.24, 2.45) is 23.2 Å². The van der Waals surface area contributed by atoms with E-state index in [1.807, 2.05) is 0 Å². The summed E-state index contributed by atoms with van der Waals surface area (Å²) in [5.41, 5.74) is 0.833. The molecule has 0 saturated heterocycles. The molecule has 12 heavy (non-hydrogen) atoms. The molecule has 0 aromatic heterocycles. The van der Waals surface area contributed by atoms with Gasteiger partial charge in [0.05, 0.1) is 0 Å². The van der Waals surface area contributed by atoms with E-state index in [1.165, 1.54) is 12.8 Å². The van der Waals surface area contributed by atoms with Crippen molar-refractivity contribution in [3.8, 4) is 0 Å². The van der Waals surface area contributed by atoms with Gasteiger partial charge in [0.1, 0.15) is 0 Å². The summed E-state index contributed by atoms with van der Waals surface area (Å²) in [6, 6.07) is 0. The van der Waals surface area contributed by atoms with Crippen LogP contribution in [0.5, 0.6) is 0 Å². The van der Waals surface area contributed by atoms with Crippen LogP contribution in [-0.2, 0) is 0 Å². The highest BCUT2D eigenvalue weighted by Gasteiger charge is 2.61. The van der Waals surface area contributed by atoms with Crippen LogP contribution < -0.4 is 0 Å². The van der Waals surface area contributed by atoms with Gasteiger partial charge >= 0.3 is 0 Å². The first kappa shape index (κ1) is 10.0. The zero-order valence-corrected chi connectivity index (χ0v) is 8.25. The highest BCUT2D eigenvalue weighted by atomic mass is 17.0. The van der Waals surface area contributed by atoms with E-state index in [9.17, 15) is 0 Å². The van der Waals surface area contributed by atoms with Crippen molar-refractivity contribution in [1.29, 1.82) is 0 Å². The number of hydrogen-bond acceptors (Lipinski definition) is 2. The van der Waals surface area contributed by atoms with Gasteiger partial charge in [-0.2, -0.15) is 0 Å². The lowest BCUT2D eigenvalue weighted by molar-refractivity contribution is -0.176. The third-order valence-corrected chi connectivity index (χ3v) is 4.08. The Balaban J connectivity index is 0.000000336. The maximum atomic E-state index is 6.00. The van der Waals surface area contributed by atoms with Gasteiger partial charge in [-0.1, -0.05) is 20.8 Å². The van der Waals surface area contributed by atoms with Gasteiger partial charge in [0.2, 0.25) is 0 Å². The van der Waals surface area contributed by atoms with Crippen LogP contribution in [0.1, 0.15) is 40.0 Å². The molecule has 0 aromatic rings. The van der Waals surface area contributed by atoms with Gasteiger partial charge in [-0.3, -0.25) is 10.5 Å². The van der Waals surface area contributed by atoms with Crippen molar-refractivity contribution >= 4 is 0 Å². The summed E-state index contributed by atoms with van der Waals surface area (Å²) in [6.45, 7) is 7.23. The third-order valence-electron chi connectivity index (χ3n) is 4.08. The van der Waals surface area contributed by atoms with Gasteiger partial charge in [0, 0.05) is 0 Å². The van der Waals surface area contributed by atoms with E-state index >= 15 is 0 Å². The second kappa shape index (κ2) is 3.35. The van der Waals surface area contributed by atoms with E-state index in [0.717, 1.165) is 23.2 Å². The summed E-state index contributed by atoms with van der Waals surface area (Å²) < 4.78 is 0. The average molecular weight is 172 g/mol. The molecule has 0 aromatic carbocycles. The summed E-state index contributed by atoms with van der Waals surface area (Å²) in [4.78, 5) is 0. The molecule has 0 radical (unpaired) electrons. The van der Waals surface area contributed by atoms with Crippen LogP contribution >= 0.6 is 0 Å². The van der Waals surface area contributed by atoms with Gasteiger partial charge in [0.25, 0.3) is 0 Å². The molecule has 2 saturated carbocycles. The summed E-state index contributed by atoms with van der Waals surface area (Å²) in [6.07, 6.45) is 4.57. The minimum Gasteiger partial charge on any atom is -0.255 e. The van der Waals surface area contributed by atoms with E-state index < -0.39 is 0 Å². The summed E-state index contributed by atoms with van der Waals surface area (Å²) >= 11 is 0. The van der Waals surface area contributed by atoms with Crippen LogP contribution in [0.15, 0.2) is 0 Å². The molecule has 2 rings (SSSR count). The first-order chi connectivity index (χ1) is 5.67. The summed E-state index contributed by atoms with van der Waals surface area (Å²) in [7, 11) is 0. The van der Waals surface area contributed by atoms with Gasteiger partial charge in [-0.25, -0.2) is 0 Å². The van der Waals surface area contributed by atoms with Crippen molar-refractivity contribution < 1.29 is 10.5 Å². The summed E-state index contributed by atoms with van der Waals surface area (Å²) in [5, 5.41) is 12.0. The molecular weight excluding hydrogens is 152 g/mol. The maximum Gasteiger partial charge on any atom is -0.0240 e. The fourth-order valence-electron chi connectivity index (χ4n) is 3.06. The number of fused-ring (bicyclic) bond motifs is 1. The second-order valence-corrected chi connectivity index (χ2v) is 4.71. The van der Waals surface area contributed by atoms with Crippen LogP contribution in [0.3, 0.4) is 0 Å². The highest BCUT2D eigenvalue weighted by molar-refractivity contribution is 5.10.